The van der Waals surface area contributed by atoms with Crippen LogP contribution in [-0.4, -0.2) is 0 Å². The predicted molar refractivity (Wildman–Crippen MR) is 36.8 cm³/mol. The molecule has 1 aliphatic rings. The van der Waals surface area contributed by atoms with Crippen LogP contribution in [0.15, 0.2) is 0 Å². The van der Waals surface area contributed by atoms with Crippen molar-refractivity contribution in [1.29, 1.82) is 0 Å². The average molecular weight is 112 g/mol. The maximum atomic E-state index is 2.40. The summed E-state index contributed by atoms with van der Waals surface area (Å²) in [6.45, 7) is 7.03. The minimum atomic E-state index is 0.759. The summed E-state index contributed by atoms with van der Waals surface area (Å²) in [4.78, 5) is 0. The second-order valence-corrected chi connectivity index (χ2v) is 3.51. The van der Waals surface area contributed by atoms with Crippen LogP contribution in [0.3, 0.4) is 0 Å². The van der Waals surface area contributed by atoms with Crippen molar-refractivity contribution in [3.8, 4) is 0 Å². The Bertz CT molecular complexity index is 86.0. The lowest BCUT2D eigenvalue weighted by molar-refractivity contribution is 0.468. The van der Waals surface area contributed by atoms with Gasteiger partial charge >= 0.3 is 0 Å². The van der Waals surface area contributed by atoms with Crippen molar-refractivity contribution in [2.75, 3.05) is 0 Å². The van der Waals surface area contributed by atoms with Gasteiger partial charge < -0.3 is 0 Å². The van der Waals surface area contributed by atoms with E-state index in [4.69, 9.17) is 0 Å². The monoisotopic (exact) mass is 112 g/mol. The molecule has 0 spiro atoms. The average Bonchev–Trinajstić information content (AvgIpc) is 2.16. The van der Waals surface area contributed by atoms with Crippen LogP contribution in [-0.2, 0) is 0 Å². The Morgan fingerprint density at radius 2 is 2.12 bits per heavy atom. The summed E-state index contributed by atoms with van der Waals surface area (Å²) in [6, 6.07) is 0. The van der Waals surface area contributed by atoms with Gasteiger partial charge in [0.1, 0.15) is 0 Å². The Morgan fingerprint density at radius 1 is 1.62 bits per heavy atom. The third kappa shape index (κ3) is 0.888. The van der Waals surface area contributed by atoms with Gasteiger partial charge in [0, 0.05) is 0 Å². The standard InChI is InChI=1S/C8H16/c1-4-5-8(3)6-7(8)2/h7H,4-6H2,1-3H3/t7?,8-/m0/s1. The smallest absolute Gasteiger partial charge is 0.0297 e. The molecule has 0 amide bonds. The summed E-state index contributed by atoms with van der Waals surface area (Å²) in [7, 11) is 0. The summed E-state index contributed by atoms with van der Waals surface area (Å²) in [6.07, 6.45) is 4.27. The quantitative estimate of drug-likeness (QED) is 0.515. The van der Waals surface area contributed by atoms with E-state index in [9.17, 15) is 0 Å². The van der Waals surface area contributed by atoms with E-state index in [1.807, 2.05) is 0 Å². The highest BCUT2D eigenvalue weighted by molar-refractivity contribution is 4.95. The summed E-state index contributed by atoms with van der Waals surface area (Å²) in [5.74, 6) is 1.02. The fourth-order valence-electron chi connectivity index (χ4n) is 1.56. The van der Waals surface area contributed by atoms with E-state index in [1.165, 1.54) is 19.3 Å². The first-order valence-electron chi connectivity index (χ1n) is 3.69. The number of rotatable bonds is 2. The van der Waals surface area contributed by atoms with Gasteiger partial charge in [0.25, 0.3) is 0 Å². The minimum absolute atomic E-state index is 0.759. The molecule has 0 radical (unpaired) electrons. The molecule has 1 aliphatic carbocycles. The second-order valence-electron chi connectivity index (χ2n) is 3.51. The Morgan fingerprint density at radius 3 is 2.25 bits per heavy atom. The van der Waals surface area contributed by atoms with Crippen LogP contribution in [0.5, 0.6) is 0 Å². The van der Waals surface area contributed by atoms with Gasteiger partial charge in [-0.2, -0.15) is 0 Å². The zero-order valence-electron chi connectivity index (χ0n) is 6.20. The molecular formula is C8H16. The van der Waals surface area contributed by atoms with Crippen LogP contribution in [0.1, 0.15) is 40.0 Å². The molecule has 0 nitrogen and oxygen atoms in total. The molecule has 0 N–H and O–H groups in total. The van der Waals surface area contributed by atoms with E-state index in [1.54, 1.807) is 0 Å². The highest BCUT2D eigenvalue weighted by Crippen LogP contribution is 2.54. The molecule has 0 heterocycles. The van der Waals surface area contributed by atoms with Gasteiger partial charge in [-0.1, -0.05) is 27.2 Å². The second kappa shape index (κ2) is 1.75. The molecule has 1 unspecified atom stereocenters. The van der Waals surface area contributed by atoms with E-state index in [2.05, 4.69) is 20.8 Å². The van der Waals surface area contributed by atoms with Gasteiger partial charge in [-0.05, 0) is 24.2 Å². The molecule has 8 heavy (non-hydrogen) atoms. The summed E-state index contributed by atoms with van der Waals surface area (Å²) < 4.78 is 0. The molecule has 0 aromatic heterocycles. The lowest BCUT2D eigenvalue weighted by Crippen LogP contribution is -1.93. The Balaban J connectivity index is 2.25. The first-order valence-corrected chi connectivity index (χ1v) is 3.69. The van der Waals surface area contributed by atoms with Crippen molar-refractivity contribution in [2.45, 2.75) is 40.0 Å². The lowest BCUT2D eigenvalue weighted by Gasteiger charge is -2.04. The van der Waals surface area contributed by atoms with E-state index in [0.717, 1.165) is 11.3 Å². The minimum Gasteiger partial charge on any atom is -0.0654 e. The molecule has 48 valence electrons. The van der Waals surface area contributed by atoms with Gasteiger partial charge in [0.15, 0.2) is 0 Å². The predicted octanol–water partition coefficient (Wildman–Crippen LogP) is 2.83. The Labute approximate surface area is 52.3 Å². The fraction of sp³-hybridized carbons (Fsp3) is 1.00. The maximum absolute atomic E-state index is 2.40. The van der Waals surface area contributed by atoms with Gasteiger partial charge in [0.05, 0.1) is 0 Å². The highest BCUT2D eigenvalue weighted by Gasteiger charge is 2.44. The van der Waals surface area contributed by atoms with Crippen LogP contribution in [0, 0.1) is 11.3 Å². The van der Waals surface area contributed by atoms with Crippen molar-refractivity contribution in [1.82, 2.24) is 0 Å². The van der Waals surface area contributed by atoms with E-state index in [0.29, 0.717) is 0 Å². The molecule has 2 atom stereocenters. The first kappa shape index (κ1) is 6.12. The SMILES string of the molecule is CCC[C@@]1(C)CC1C. The molecule has 0 saturated heterocycles. The lowest BCUT2D eigenvalue weighted by atomic mass is 10.0. The Kier molecular flexibility index (Phi) is 1.34. The van der Waals surface area contributed by atoms with E-state index < -0.39 is 0 Å². The normalized spacial score (nSPS) is 44.6. The van der Waals surface area contributed by atoms with Crippen molar-refractivity contribution in [3.05, 3.63) is 0 Å². The van der Waals surface area contributed by atoms with Crippen LogP contribution < -0.4 is 0 Å². The molecule has 0 aromatic carbocycles. The van der Waals surface area contributed by atoms with Crippen molar-refractivity contribution in [2.24, 2.45) is 11.3 Å². The van der Waals surface area contributed by atoms with Crippen molar-refractivity contribution in [3.63, 3.8) is 0 Å². The molecule has 0 aromatic rings. The third-order valence-corrected chi connectivity index (χ3v) is 2.62. The molecule has 1 fully saturated rings. The molecule has 1 rings (SSSR count). The summed E-state index contributed by atoms with van der Waals surface area (Å²) in [5.41, 5.74) is 0.759. The largest absolute Gasteiger partial charge is 0.0654 e. The molecule has 1 saturated carbocycles. The van der Waals surface area contributed by atoms with Gasteiger partial charge in [-0.3, -0.25) is 0 Å². The van der Waals surface area contributed by atoms with Gasteiger partial charge in [0.2, 0.25) is 0 Å². The zero-order chi connectivity index (χ0) is 6.20. The van der Waals surface area contributed by atoms with Crippen LogP contribution >= 0.6 is 0 Å². The number of hydrogen-bond donors (Lipinski definition) is 0. The molecular weight excluding hydrogens is 96.1 g/mol. The van der Waals surface area contributed by atoms with Crippen LogP contribution in [0.2, 0.25) is 0 Å². The summed E-state index contributed by atoms with van der Waals surface area (Å²) in [5, 5.41) is 0. The van der Waals surface area contributed by atoms with Gasteiger partial charge in [-0.15, -0.1) is 0 Å². The molecule has 0 bridgehead atoms. The van der Waals surface area contributed by atoms with Gasteiger partial charge in [-0.25, -0.2) is 0 Å². The summed E-state index contributed by atoms with van der Waals surface area (Å²) >= 11 is 0. The topological polar surface area (TPSA) is 0 Å². The highest BCUT2D eigenvalue weighted by atomic mass is 14.5. The first-order chi connectivity index (χ1) is 3.69. The van der Waals surface area contributed by atoms with Crippen LogP contribution in [0.25, 0.3) is 0 Å². The fourth-order valence-corrected chi connectivity index (χ4v) is 1.56. The Hall–Kier alpha value is 0. The van der Waals surface area contributed by atoms with Crippen molar-refractivity contribution < 1.29 is 0 Å². The van der Waals surface area contributed by atoms with E-state index >= 15 is 0 Å². The number of hydrogen-bond acceptors (Lipinski definition) is 0. The van der Waals surface area contributed by atoms with Crippen molar-refractivity contribution >= 4 is 0 Å². The zero-order valence-corrected chi connectivity index (χ0v) is 6.20. The maximum Gasteiger partial charge on any atom is -0.0297 e. The molecule has 0 aliphatic heterocycles. The van der Waals surface area contributed by atoms with E-state index in [-0.39, 0.29) is 0 Å². The van der Waals surface area contributed by atoms with Crippen LogP contribution in [0.4, 0.5) is 0 Å². The molecule has 0 heteroatoms. The third-order valence-electron chi connectivity index (χ3n) is 2.62.